The van der Waals surface area contributed by atoms with Gasteiger partial charge in [0.1, 0.15) is 5.75 Å². The maximum Gasteiger partial charge on any atom is 0.273 e. The van der Waals surface area contributed by atoms with E-state index in [2.05, 4.69) is 10.6 Å². The third-order valence-electron chi connectivity index (χ3n) is 5.58. The van der Waals surface area contributed by atoms with E-state index in [0.717, 1.165) is 31.7 Å². The van der Waals surface area contributed by atoms with Crippen molar-refractivity contribution in [3.8, 4) is 5.75 Å². The Morgan fingerprint density at radius 1 is 1.16 bits per heavy atom. The van der Waals surface area contributed by atoms with Crippen LogP contribution in [0.1, 0.15) is 37.7 Å². The zero-order chi connectivity index (χ0) is 23.3. The highest BCUT2D eigenvalue weighted by molar-refractivity contribution is 7.91. The number of aryl methyl sites for hydroxylation is 1. The van der Waals surface area contributed by atoms with Crippen LogP contribution in [0.5, 0.6) is 5.75 Å². The molecule has 3 rings (SSSR count). The predicted octanol–water partition coefficient (Wildman–Crippen LogP) is 3.61. The number of ether oxygens (including phenoxy) is 1. The van der Waals surface area contributed by atoms with Crippen LogP contribution in [-0.4, -0.2) is 38.9 Å². The van der Waals surface area contributed by atoms with E-state index < -0.39 is 14.8 Å². The Balaban J connectivity index is 1.87. The molecular weight excluding hydrogens is 434 g/mol. The van der Waals surface area contributed by atoms with Gasteiger partial charge in [-0.3, -0.25) is 14.9 Å². The van der Waals surface area contributed by atoms with E-state index in [1.807, 2.05) is 0 Å². The number of hydrogen-bond donors (Lipinski definition) is 2. The summed E-state index contributed by atoms with van der Waals surface area (Å²) in [5, 5.41) is 17.2. The average Bonchev–Trinajstić information content (AvgIpc) is 2.78. The predicted molar refractivity (Wildman–Crippen MR) is 120 cm³/mol. The summed E-state index contributed by atoms with van der Waals surface area (Å²) < 4.78 is 31.9. The zero-order valence-electron chi connectivity index (χ0n) is 18.1. The average molecular weight is 462 g/mol. The van der Waals surface area contributed by atoms with Crippen LogP contribution in [0.3, 0.4) is 0 Å². The Morgan fingerprint density at radius 2 is 1.88 bits per heavy atom. The monoisotopic (exact) mass is 461 g/mol. The number of sulfone groups is 1. The van der Waals surface area contributed by atoms with E-state index in [9.17, 15) is 23.3 Å². The molecule has 0 radical (unpaired) electrons. The molecule has 0 bridgehead atoms. The highest BCUT2D eigenvalue weighted by Crippen LogP contribution is 2.33. The number of nitrogens with zero attached hydrogens (tertiary/aromatic N) is 1. The summed E-state index contributed by atoms with van der Waals surface area (Å²) in [6.07, 6.45) is 5.24. The summed E-state index contributed by atoms with van der Waals surface area (Å²) in [4.78, 5) is 22.7. The first-order valence-electron chi connectivity index (χ1n) is 10.4. The summed E-state index contributed by atoms with van der Waals surface area (Å²) in [5.41, 5.74) is 0.292. The minimum Gasteiger partial charge on any atom is -0.497 e. The Morgan fingerprint density at radius 3 is 2.53 bits per heavy atom. The molecule has 0 unspecified atom stereocenters. The molecule has 0 heterocycles. The second-order valence-electron chi connectivity index (χ2n) is 7.83. The van der Waals surface area contributed by atoms with Crippen LogP contribution in [0.15, 0.2) is 46.2 Å². The number of rotatable bonds is 8. The molecule has 0 aromatic heterocycles. The van der Waals surface area contributed by atoms with Gasteiger partial charge in [-0.1, -0.05) is 25.3 Å². The van der Waals surface area contributed by atoms with E-state index in [4.69, 9.17) is 4.74 Å². The molecule has 172 valence electrons. The van der Waals surface area contributed by atoms with Crippen LogP contribution in [-0.2, 0) is 14.6 Å². The standard InChI is InChI=1S/C22H27N3O6S/c1-15-8-10-18(13-20(15)25(27)28)32(29,30)21-12-17(31-2)9-11-19(21)23-14-22(26)24-16-6-4-3-5-7-16/h8-13,16,23H,3-7,14H2,1-2H3,(H,24,26). The lowest BCUT2D eigenvalue weighted by Gasteiger charge is -2.23. The van der Waals surface area contributed by atoms with Crippen LogP contribution in [0.4, 0.5) is 11.4 Å². The van der Waals surface area contributed by atoms with Gasteiger partial charge >= 0.3 is 0 Å². The van der Waals surface area contributed by atoms with Crippen molar-refractivity contribution in [3.63, 3.8) is 0 Å². The van der Waals surface area contributed by atoms with Crippen molar-refractivity contribution in [2.45, 2.75) is 54.9 Å². The Kier molecular flexibility index (Phi) is 7.34. The maximum absolute atomic E-state index is 13.4. The van der Waals surface area contributed by atoms with E-state index >= 15 is 0 Å². The third-order valence-corrected chi connectivity index (χ3v) is 7.37. The smallest absolute Gasteiger partial charge is 0.273 e. The van der Waals surface area contributed by atoms with Crippen molar-refractivity contribution in [2.75, 3.05) is 19.0 Å². The number of carbonyl (C=O) groups excluding carboxylic acids is 1. The number of methoxy groups -OCH3 is 1. The van der Waals surface area contributed by atoms with Gasteiger partial charge in [-0.15, -0.1) is 0 Å². The number of benzene rings is 2. The van der Waals surface area contributed by atoms with Crippen LogP contribution in [0.2, 0.25) is 0 Å². The topological polar surface area (TPSA) is 128 Å². The SMILES string of the molecule is COc1ccc(NCC(=O)NC2CCCCC2)c(S(=O)(=O)c2ccc(C)c([N+](=O)[O-])c2)c1. The van der Waals surface area contributed by atoms with Crippen molar-refractivity contribution in [1.29, 1.82) is 0 Å². The summed E-state index contributed by atoms with van der Waals surface area (Å²) in [5.74, 6) is 0.0874. The summed E-state index contributed by atoms with van der Waals surface area (Å²) in [7, 11) is -2.72. The number of nitro benzene ring substituents is 1. The molecule has 1 amide bonds. The third kappa shape index (κ3) is 5.37. The molecule has 2 aromatic carbocycles. The van der Waals surface area contributed by atoms with Gasteiger partial charge in [0.05, 0.1) is 34.1 Å². The first-order chi connectivity index (χ1) is 15.2. The quantitative estimate of drug-likeness (QED) is 0.454. The number of hydrogen-bond acceptors (Lipinski definition) is 7. The largest absolute Gasteiger partial charge is 0.497 e. The van der Waals surface area contributed by atoms with E-state index in [1.54, 1.807) is 6.07 Å². The molecule has 2 N–H and O–H groups in total. The van der Waals surface area contributed by atoms with Crippen molar-refractivity contribution in [3.05, 3.63) is 52.1 Å². The van der Waals surface area contributed by atoms with Gasteiger partial charge in [0.2, 0.25) is 15.7 Å². The first kappa shape index (κ1) is 23.5. The van der Waals surface area contributed by atoms with Crippen molar-refractivity contribution in [1.82, 2.24) is 5.32 Å². The van der Waals surface area contributed by atoms with E-state index in [-0.39, 0.29) is 39.7 Å². The van der Waals surface area contributed by atoms with Gasteiger partial charge < -0.3 is 15.4 Å². The second kappa shape index (κ2) is 9.99. The maximum atomic E-state index is 13.4. The number of nitrogens with one attached hydrogen (secondary N) is 2. The van der Waals surface area contributed by atoms with Crippen molar-refractivity contribution < 1.29 is 22.9 Å². The molecule has 2 aromatic rings. The molecule has 0 atom stereocenters. The molecule has 10 heteroatoms. The summed E-state index contributed by atoms with van der Waals surface area (Å²) >= 11 is 0. The minimum absolute atomic E-state index is 0.0978. The van der Waals surface area contributed by atoms with Gasteiger partial charge in [0.25, 0.3) is 5.69 Å². The van der Waals surface area contributed by atoms with E-state index in [1.165, 1.54) is 44.7 Å². The fraction of sp³-hybridized carbons (Fsp3) is 0.409. The molecule has 0 saturated heterocycles. The molecule has 0 aliphatic heterocycles. The highest BCUT2D eigenvalue weighted by atomic mass is 32.2. The summed E-state index contributed by atoms with van der Waals surface area (Å²) in [6.45, 7) is 1.44. The molecule has 1 aliphatic rings. The number of carbonyl (C=O) groups is 1. The van der Waals surface area contributed by atoms with E-state index in [0.29, 0.717) is 11.3 Å². The molecule has 9 nitrogen and oxygen atoms in total. The lowest BCUT2D eigenvalue weighted by atomic mass is 9.95. The van der Waals surface area contributed by atoms with Crippen molar-refractivity contribution in [2.24, 2.45) is 0 Å². The molecule has 0 spiro atoms. The fourth-order valence-electron chi connectivity index (χ4n) is 3.78. The van der Waals surface area contributed by atoms with Crippen LogP contribution < -0.4 is 15.4 Å². The minimum atomic E-state index is -4.13. The molecule has 1 aliphatic carbocycles. The normalized spacial score (nSPS) is 14.6. The Hall–Kier alpha value is -3.14. The lowest BCUT2D eigenvalue weighted by molar-refractivity contribution is -0.385. The molecular formula is C22H27N3O6S. The number of amides is 1. The summed E-state index contributed by atoms with van der Waals surface area (Å²) in [6, 6.07) is 8.35. The van der Waals surface area contributed by atoms with Gasteiger partial charge in [0, 0.05) is 23.7 Å². The second-order valence-corrected chi connectivity index (χ2v) is 9.75. The van der Waals surface area contributed by atoms with Gasteiger partial charge in [-0.2, -0.15) is 0 Å². The van der Waals surface area contributed by atoms with Crippen LogP contribution in [0, 0.1) is 17.0 Å². The molecule has 32 heavy (non-hydrogen) atoms. The van der Waals surface area contributed by atoms with Crippen molar-refractivity contribution >= 4 is 27.1 Å². The highest BCUT2D eigenvalue weighted by Gasteiger charge is 2.26. The number of anilines is 1. The Labute approximate surface area is 187 Å². The molecule has 1 fully saturated rings. The number of nitro groups is 1. The zero-order valence-corrected chi connectivity index (χ0v) is 18.9. The van der Waals surface area contributed by atoms with Gasteiger partial charge in [-0.05, 0) is 38.0 Å². The molecule has 1 saturated carbocycles. The Bertz CT molecular complexity index is 1110. The van der Waals surface area contributed by atoms with Crippen LogP contribution in [0.25, 0.3) is 0 Å². The van der Waals surface area contributed by atoms with Gasteiger partial charge in [-0.25, -0.2) is 8.42 Å². The fourth-order valence-corrected chi connectivity index (χ4v) is 5.25. The lowest BCUT2D eigenvalue weighted by Crippen LogP contribution is -2.39. The van der Waals surface area contributed by atoms with Crippen LogP contribution >= 0.6 is 0 Å². The van der Waals surface area contributed by atoms with Gasteiger partial charge in [0.15, 0.2) is 0 Å². The first-order valence-corrected chi connectivity index (χ1v) is 11.9.